The van der Waals surface area contributed by atoms with Crippen LogP contribution in [0.1, 0.15) is 41.9 Å². The van der Waals surface area contributed by atoms with Crippen LogP contribution in [0.15, 0.2) is 66.7 Å². The molecule has 0 atom stereocenters. The number of halogens is 2. The molecule has 3 aromatic carbocycles. The van der Waals surface area contributed by atoms with E-state index in [1.165, 1.54) is 29.8 Å². The number of nitrogens with zero attached hydrogens (tertiary/aromatic N) is 1. The number of H-pyrrole nitrogens is 2. The number of hydrogen-bond donors (Lipinski definition) is 2. The number of aromatic amines is 2. The van der Waals surface area contributed by atoms with Gasteiger partial charge < -0.3 is 14.9 Å². The van der Waals surface area contributed by atoms with E-state index in [0.717, 1.165) is 67.5 Å². The summed E-state index contributed by atoms with van der Waals surface area (Å²) in [7, 11) is 0. The molecule has 2 heterocycles. The molecule has 0 radical (unpaired) electrons. The summed E-state index contributed by atoms with van der Waals surface area (Å²) in [6.07, 6.45) is 4.30. The van der Waals surface area contributed by atoms with Crippen LogP contribution in [0.4, 0.5) is 8.78 Å². The second kappa shape index (κ2) is 10.2. The number of piperidine rings is 1. The lowest BCUT2D eigenvalue weighted by Crippen LogP contribution is -2.36. The lowest BCUT2D eigenvalue weighted by atomic mass is 9.76. The van der Waals surface area contributed by atoms with E-state index < -0.39 is 0 Å². The molecular formula is C28H29F2N3S. The Bertz CT molecular complexity index is 1240. The fourth-order valence-electron chi connectivity index (χ4n) is 5.33. The van der Waals surface area contributed by atoms with Gasteiger partial charge >= 0.3 is 0 Å². The standard InChI is InChI=1S/C28H29F2N3S/c29-23-8-4-20(5-9-23)27(21-6-10-24(30)11-7-21)22-13-16-33(17-14-22)15-1-2-19-3-12-25-26(18-19)32-28(34)31-25/h3-12,18,22,27H,1-2,13-17H2,(H2,31,32,34). The largest absolute Gasteiger partial charge is 0.331 e. The molecule has 6 heteroatoms. The molecule has 2 N–H and O–H groups in total. The first-order chi connectivity index (χ1) is 16.5. The molecule has 0 bridgehead atoms. The SMILES string of the molecule is Fc1ccc(C(c2ccc(F)cc2)C2CCN(CCCc3ccc4[nH]c(=S)[nH]c4c3)CC2)cc1. The van der Waals surface area contributed by atoms with E-state index in [2.05, 4.69) is 33.1 Å². The topological polar surface area (TPSA) is 34.8 Å². The van der Waals surface area contributed by atoms with Crippen molar-refractivity contribution in [3.8, 4) is 0 Å². The van der Waals surface area contributed by atoms with Crippen molar-refractivity contribution in [3.63, 3.8) is 0 Å². The van der Waals surface area contributed by atoms with Crippen LogP contribution < -0.4 is 0 Å². The Balaban J connectivity index is 1.20. The first kappa shape index (κ1) is 22.9. The Morgan fingerprint density at radius 1 is 0.824 bits per heavy atom. The summed E-state index contributed by atoms with van der Waals surface area (Å²) in [5, 5.41) is 0. The van der Waals surface area contributed by atoms with Gasteiger partial charge in [-0.2, -0.15) is 0 Å². The van der Waals surface area contributed by atoms with Crippen LogP contribution in [0.2, 0.25) is 0 Å². The van der Waals surface area contributed by atoms with E-state index in [9.17, 15) is 8.78 Å². The van der Waals surface area contributed by atoms with E-state index in [0.29, 0.717) is 10.7 Å². The summed E-state index contributed by atoms with van der Waals surface area (Å²) >= 11 is 5.18. The molecule has 0 aliphatic carbocycles. The van der Waals surface area contributed by atoms with Crippen molar-refractivity contribution >= 4 is 23.3 Å². The van der Waals surface area contributed by atoms with Crippen molar-refractivity contribution in [2.45, 2.75) is 31.6 Å². The first-order valence-corrected chi connectivity index (χ1v) is 12.4. The number of hydrogen-bond acceptors (Lipinski definition) is 2. The summed E-state index contributed by atoms with van der Waals surface area (Å²) in [6.45, 7) is 3.17. The van der Waals surface area contributed by atoms with Gasteiger partial charge in [0.2, 0.25) is 0 Å². The summed E-state index contributed by atoms with van der Waals surface area (Å²) in [4.78, 5) is 8.89. The van der Waals surface area contributed by atoms with E-state index in [4.69, 9.17) is 12.2 Å². The fourth-order valence-corrected chi connectivity index (χ4v) is 5.55. The Morgan fingerprint density at radius 2 is 1.41 bits per heavy atom. The van der Waals surface area contributed by atoms with E-state index >= 15 is 0 Å². The highest BCUT2D eigenvalue weighted by atomic mass is 32.1. The van der Waals surface area contributed by atoms with Gasteiger partial charge in [-0.15, -0.1) is 0 Å². The van der Waals surface area contributed by atoms with Crippen molar-refractivity contribution in [3.05, 3.63) is 99.8 Å². The molecule has 4 aromatic rings. The van der Waals surface area contributed by atoms with Crippen molar-refractivity contribution < 1.29 is 8.78 Å². The summed E-state index contributed by atoms with van der Waals surface area (Å²) in [5.74, 6) is 0.150. The van der Waals surface area contributed by atoms with Crippen molar-refractivity contribution in [2.75, 3.05) is 19.6 Å². The lowest BCUT2D eigenvalue weighted by Gasteiger charge is -2.36. The number of likely N-dealkylation sites (tertiary alicyclic amines) is 1. The zero-order chi connectivity index (χ0) is 23.5. The lowest BCUT2D eigenvalue weighted by molar-refractivity contribution is 0.173. The van der Waals surface area contributed by atoms with Crippen molar-refractivity contribution in [1.29, 1.82) is 0 Å². The second-order valence-electron chi connectivity index (χ2n) is 9.32. The van der Waals surface area contributed by atoms with Crippen molar-refractivity contribution in [1.82, 2.24) is 14.9 Å². The van der Waals surface area contributed by atoms with Crippen molar-refractivity contribution in [2.24, 2.45) is 5.92 Å². The van der Waals surface area contributed by atoms with Gasteiger partial charge in [0, 0.05) is 5.92 Å². The molecule has 1 aliphatic heterocycles. The number of benzene rings is 3. The van der Waals surface area contributed by atoms with E-state index in [-0.39, 0.29) is 17.6 Å². The summed E-state index contributed by atoms with van der Waals surface area (Å²) < 4.78 is 27.8. The van der Waals surface area contributed by atoms with Gasteiger partial charge in [-0.1, -0.05) is 30.3 Å². The van der Waals surface area contributed by atoms with Crippen LogP contribution >= 0.6 is 12.2 Å². The molecule has 1 aromatic heterocycles. The third kappa shape index (κ3) is 5.29. The predicted molar refractivity (Wildman–Crippen MR) is 136 cm³/mol. The molecule has 0 unspecified atom stereocenters. The average molecular weight is 478 g/mol. The highest BCUT2D eigenvalue weighted by molar-refractivity contribution is 7.71. The van der Waals surface area contributed by atoms with Gasteiger partial charge in [-0.25, -0.2) is 8.78 Å². The normalized spacial score (nSPS) is 15.4. The smallest absolute Gasteiger partial charge is 0.175 e. The summed E-state index contributed by atoms with van der Waals surface area (Å²) in [5.41, 5.74) is 5.64. The molecule has 5 rings (SSSR count). The van der Waals surface area contributed by atoms with Gasteiger partial charge in [-0.05, 0) is 117 Å². The Labute approximate surface area is 203 Å². The van der Waals surface area contributed by atoms with Crippen LogP contribution in [-0.4, -0.2) is 34.5 Å². The molecule has 0 amide bonds. The number of aryl methyl sites for hydroxylation is 1. The highest BCUT2D eigenvalue weighted by Crippen LogP contribution is 2.38. The van der Waals surface area contributed by atoms with Gasteiger partial charge in [0.1, 0.15) is 11.6 Å². The zero-order valence-corrected chi connectivity index (χ0v) is 19.9. The minimum absolute atomic E-state index is 0.155. The molecule has 176 valence electrons. The molecule has 1 aliphatic rings. The van der Waals surface area contributed by atoms with Crippen LogP contribution in [0.25, 0.3) is 11.0 Å². The number of aromatic nitrogens is 2. The number of fused-ring (bicyclic) bond motifs is 1. The average Bonchev–Trinajstić information content (AvgIpc) is 3.22. The zero-order valence-electron chi connectivity index (χ0n) is 19.1. The third-order valence-electron chi connectivity index (χ3n) is 7.08. The second-order valence-corrected chi connectivity index (χ2v) is 9.73. The Morgan fingerprint density at radius 3 is 2.03 bits per heavy atom. The number of rotatable bonds is 7. The van der Waals surface area contributed by atoms with Crippen LogP contribution in [0.5, 0.6) is 0 Å². The van der Waals surface area contributed by atoms with E-state index in [1.54, 1.807) is 0 Å². The Kier molecular flexibility index (Phi) is 6.88. The molecule has 3 nitrogen and oxygen atoms in total. The first-order valence-electron chi connectivity index (χ1n) is 12.0. The van der Waals surface area contributed by atoms with Gasteiger partial charge in [0.25, 0.3) is 0 Å². The van der Waals surface area contributed by atoms with E-state index in [1.807, 2.05) is 24.3 Å². The molecule has 1 fully saturated rings. The fraction of sp³-hybridized carbons (Fsp3) is 0.321. The maximum absolute atomic E-state index is 13.6. The number of nitrogens with one attached hydrogen (secondary N) is 2. The molecule has 0 saturated carbocycles. The molecule has 34 heavy (non-hydrogen) atoms. The monoisotopic (exact) mass is 477 g/mol. The third-order valence-corrected chi connectivity index (χ3v) is 7.29. The minimum Gasteiger partial charge on any atom is -0.331 e. The van der Waals surface area contributed by atoms with Gasteiger partial charge in [0.05, 0.1) is 11.0 Å². The molecular weight excluding hydrogens is 448 g/mol. The number of imidazole rings is 1. The highest BCUT2D eigenvalue weighted by Gasteiger charge is 2.29. The maximum atomic E-state index is 13.6. The minimum atomic E-state index is -0.227. The van der Waals surface area contributed by atoms with Crippen LogP contribution in [0, 0.1) is 22.3 Å². The van der Waals surface area contributed by atoms with Crippen LogP contribution in [0.3, 0.4) is 0 Å². The molecule has 0 spiro atoms. The predicted octanol–water partition coefficient (Wildman–Crippen LogP) is 6.98. The van der Waals surface area contributed by atoms with Gasteiger partial charge in [0.15, 0.2) is 4.77 Å². The summed E-state index contributed by atoms with van der Waals surface area (Å²) in [6, 6.07) is 20.1. The van der Waals surface area contributed by atoms with Crippen LogP contribution in [-0.2, 0) is 6.42 Å². The Hall–Kier alpha value is -2.83. The maximum Gasteiger partial charge on any atom is 0.175 e. The van der Waals surface area contributed by atoms with Gasteiger partial charge in [-0.3, -0.25) is 0 Å². The molecule has 1 saturated heterocycles. The quantitative estimate of drug-likeness (QED) is 0.282.